The van der Waals surface area contributed by atoms with Crippen molar-refractivity contribution in [3.05, 3.63) is 88.6 Å². The van der Waals surface area contributed by atoms with Gasteiger partial charge in [-0.25, -0.2) is 4.79 Å². The Hall–Kier alpha value is -3.25. The average Bonchev–Trinajstić information content (AvgIpc) is 3.38. The number of para-hydroxylation sites is 3. The number of aromatic nitrogens is 3. The fourth-order valence-electron chi connectivity index (χ4n) is 5.85. The van der Waals surface area contributed by atoms with E-state index in [1.165, 1.54) is 11.3 Å². The SMILES string of the molecule is O=c1[nH]c2ccccc2n1CCCC1(C2Oc3ccccc3Cn3cccc32)CCNCC1. The predicted octanol–water partition coefficient (Wildman–Crippen LogP) is 4.46. The summed E-state index contributed by atoms with van der Waals surface area (Å²) in [6.07, 6.45) is 6.25. The summed E-state index contributed by atoms with van der Waals surface area (Å²) < 4.78 is 11.1. The normalized spacial score (nSPS) is 19.5. The molecule has 0 spiro atoms. The van der Waals surface area contributed by atoms with Gasteiger partial charge < -0.3 is 19.6 Å². The number of H-pyrrole nitrogens is 1. The van der Waals surface area contributed by atoms with Crippen molar-refractivity contribution in [2.24, 2.45) is 5.41 Å². The molecule has 2 aliphatic rings. The molecule has 2 aromatic carbocycles. The van der Waals surface area contributed by atoms with Crippen LogP contribution in [0, 0.1) is 5.41 Å². The summed E-state index contributed by atoms with van der Waals surface area (Å²) in [6, 6.07) is 20.7. The zero-order valence-electron chi connectivity index (χ0n) is 18.8. The largest absolute Gasteiger partial charge is 0.483 e. The Kier molecular flexibility index (Phi) is 5.10. The molecule has 1 unspecified atom stereocenters. The molecule has 33 heavy (non-hydrogen) atoms. The smallest absolute Gasteiger partial charge is 0.326 e. The highest BCUT2D eigenvalue weighted by Gasteiger charge is 2.44. The molecule has 0 aliphatic carbocycles. The monoisotopic (exact) mass is 442 g/mol. The Morgan fingerprint density at radius 2 is 1.82 bits per heavy atom. The van der Waals surface area contributed by atoms with E-state index in [-0.39, 0.29) is 17.2 Å². The molecule has 2 N–H and O–H groups in total. The highest BCUT2D eigenvalue weighted by Crippen LogP contribution is 2.49. The average molecular weight is 443 g/mol. The van der Waals surface area contributed by atoms with Crippen LogP contribution in [0.3, 0.4) is 0 Å². The molecule has 1 atom stereocenters. The molecule has 170 valence electrons. The van der Waals surface area contributed by atoms with Gasteiger partial charge in [0.05, 0.1) is 23.3 Å². The number of piperidine rings is 1. The third-order valence-corrected chi connectivity index (χ3v) is 7.58. The van der Waals surface area contributed by atoms with E-state index >= 15 is 0 Å². The van der Waals surface area contributed by atoms with Crippen molar-refractivity contribution in [1.82, 2.24) is 19.4 Å². The molecule has 4 aromatic rings. The second-order valence-electron chi connectivity index (χ2n) is 9.48. The van der Waals surface area contributed by atoms with Crippen molar-refractivity contribution in [1.29, 1.82) is 0 Å². The number of rotatable bonds is 5. The van der Waals surface area contributed by atoms with E-state index in [4.69, 9.17) is 4.74 Å². The lowest BCUT2D eigenvalue weighted by Crippen LogP contribution is -2.43. The molecule has 0 amide bonds. The van der Waals surface area contributed by atoms with Gasteiger partial charge in [0.25, 0.3) is 0 Å². The van der Waals surface area contributed by atoms with Crippen LogP contribution in [-0.2, 0) is 13.1 Å². The first kappa shape index (κ1) is 20.4. The predicted molar refractivity (Wildman–Crippen MR) is 130 cm³/mol. The Balaban J connectivity index is 1.32. The maximum atomic E-state index is 12.6. The van der Waals surface area contributed by atoms with Crippen molar-refractivity contribution >= 4 is 11.0 Å². The zero-order valence-corrected chi connectivity index (χ0v) is 18.8. The number of hydrogen-bond acceptors (Lipinski definition) is 3. The van der Waals surface area contributed by atoms with Gasteiger partial charge in [0.1, 0.15) is 11.9 Å². The van der Waals surface area contributed by atoms with Crippen LogP contribution >= 0.6 is 0 Å². The van der Waals surface area contributed by atoms with E-state index in [9.17, 15) is 4.79 Å². The third kappa shape index (κ3) is 3.59. The summed E-state index contributed by atoms with van der Waals surface area (Å²) in [7, 11) is 0. The van der Waals surface area contributed by atoms with Crippen LogP contribution in [0.25, 0.3) is 11.0 Å². The molecule has 2 aromatic heterocycles. The van der Waals surface area contributed by atoms with E-state index in [0.717, 1.165) is 62.1 Å². The Bertz CT molecular complexity index is 1330. The number of nitrogens with zero attached hydrogens (tertiary/aromatic N) is 2. The number of benzene rings is 2. The van der Waals surface area contributed by atoms with Gasteiger partial charge in [0.15, 0.2) is 0 Å². The second-order valence-corrected chi connectivity index (χ2v) is 9.48. The Labute approximate surface area is 193 Å². The van der Waals surface area contributed by atoms with Crippen LogP contribution < -0.4 is 15.7 Å². The van der Waals surface area contributed by atoms with Crippen molar-refractivity contribution < 1.29 is 4.74 Å². The van der Waals surface area contributed by atoms with Gasteiger partial charge in [0.2, 0.25) is 0 Å². The van der Waals surface area contributed by atoms with Gasteiger partial charge in [-0.05, 0) is 69.1 Å². The van der Waals surface area contributed by atoms with Crippen LogP contribution in [0.4, 0.5) is 0 Å². The number of nitrogens with one attached hydrogen (secondary N) is 2. The van der Waals surface area contributed by atoms with Crippen LogP contribution in [-0.4, -0.2) is 27.2 Å². The topological polar surface area (TPSA) is 64.0 Å². The fourth-order valence-corrected chi connectivity index (χ4v) is 5.85. The van der Waals surface area contributed by atoms with Gasteiger partial charge in [-0.15, -0.1) is 0 Å². The van der Waals surface area contributed by atoms with E-state index < -0.39 is 0 Å². The van der Waals surface area contributed by atoms with Crippen molar-refractivity contribution in [2.45, 2.75) is 44.9 Å². The van der Waals surface area contributed by atoms with Gasteiger partial charge in [-0.3, -0.25) is 4.57 Å². The standard InChI is InChI=1S/C27H30N4O2/c32-26-29-21-8-2-3-9-22(21)31(26)18-6-12-27(13-15-28-16-14-27)25-23-10-5-17-30(23)19-20-7-1-4-11-24(20)33-25/h1-5,7-11,17,25,28H,6,12-16,18-19H2,(H,29,32). The number of aromatic amines is 1. The number of ether oxygens (including phenoxy) is 1. The molecular weight excluding hydrogens is 412 g/mol. The second kappa shape index (κ2) is 8.27. The van der Waals surface area contributed by atoms with Gasteiger partial charge in [-0.1, -0.05) is 30.3 Å². The van der Waals surface area contributed by atoms with Gasteiger partial charge >= 0.3 is 5.69 Å². The van der Waals surface area contributed by atoms with Crippen molar-refractivity contribution in [2.75, 3.05) is 13.1 Å². The van der Waals surface area contributed by atoms with E-state index in [2.05, 4.69) is 57.5 Å². The molecule has 0 saturated carbocycles. The summed E-state index contributed by atoms with van der Waals surface area (Å²) in [6.45, 7) is 3.54. The fraction of sp³-hybridized carbons (Fsp3) is 0.370. The van der Waals surface area contributed by atoms with Crippen molar-refractivity contribution in [3.8, 4) is 5.75 Å². The third-order valence-electron chi connectivity index (χ3n) is 7.58. The number of aryl methyl sites for hydroxylation is 1. The maximum Gasteiger partial charge on any atom is 0.326 e. The summed E-state index contributed by atoms with van der Waals surface area (Å²) in [5, 5.41) is 3.55. The van der Waals surface area contributed by atoms with E-state index in [1.54, 1.807) is 0 Å². The van der Waals surface area contributed by atoms with Gasteiger partial charge in [0, 0.05) is 23.7 Å². The molecule has 4 heterocycles. The zero-order chi connectivity index (χ0) is 22.3. The number of imidazole rings is 1. The first-order valence-corrected chi connectivity index (χ1v) is 12.0. The van der Waals surface area contributed by atoms with Crippen LogP contribution in [0.15, 0.2) is 71.7 Å². The lowest BCUT2D eigenvalue weighted by Gasteiger charge is -2.43. The molecule has 1 saturated heterocycles. The molecule has 1 fully saturated rings. The highest BCUT2D eigenvalue weighted by molar-refractivity contribution is 5.74. The highest BCUT2D eigenvalue weighted by atomic mass is 16.5. The Morgan fingerprint density at radius 1 is 1.00 bits per heavy atom. The lowest BCUT2D eigenvalue weighted by molar-refractivity contribution is 0.00591. The first-order chi connectivity index (χ1) is 16.2. The van der Waals surface area contributed by atoms with Crippen LogP contribution in [0.5, 0.6) is 5.75 Å². The quantitative estimate of drug-likeness (QED) is 0.480. The Morgan fingerprint density at radius 3 is 2.73 bits per heavy atom. The molecule has 6 nitrogen and oxygen atoms in total. The summed E-state index contributed by atoms with van der Waals surface area (Å²) in [4.78, 5) is 15.6. The minimum absolute atomic E-state index is 0.00191. The number of hydrogen-bond donors (Lipinski definition) is 2. The van der Waals surface area contributed by atoms with Crippen LogP contribution in [0.2, 0.25) is 0 Å². The van der Waals surface area contributed by atoms with Crippen LogP contribution in [0.1, 0.15) is 43.0 Å². The number of fused-ring (bicyclic) bond motifs is 3. The molecule has 6 heteroatoms. The minimum Gasteiger partial charge on any atom is -0.483 e. The minimum atomic E-state index is -0.0240. The summed E-state index contributed by atoms with van der Waals surface area (Å²) in [5.41, 5.74) is 4.37. The maximum absolute atomic E-state index is 12.6. The summed E-state index contributed by atoms with van der Waals surface area (Å²) >= 11 is 0. The first-order valence-electron chi connectivity index (χ1n) is 12.0. The molecule has 2 aliphatic heterocycles. The van der Waals surface area contributed by atoms with Crippen molar-refractivity contribution in [3.63, 3.8) is 0 Å². The molecular formula is C27H30N4O2. The van der Waals surface area contributed by atoms with Gasteiger partial charge in [-0.2, -0.15) is 0 Å². The molecule has 0 bridgehead atoms. The lowest BCUT2D eigenvalue weighted by atomic mass is 9.70. The molecule has 0 radical (unpaired) electrons. The van der Waals surface area contributed by atoms with E-state index in [1.807, 2.05) is 28.8 Å². The summed E-state index contributed by atoms with van der Waals surface area (Å²) in [5.74, 6) is 0.997. The van der Waals surface area contributed by atoms with E-state index in [0.29, 0.717) is 6.54 Å². The molecule has 6 rings (SSSR count).